The van der Waals surface area contributed by atoms with Gasteiger partial charge in [-0.15, -0.1) is 0 Å². The smallest absolute Gasteiger partial charge is 0.223 e. The molecule has 2 aliphatic heterocycles. The van der Waals surface area contributed by atoms with E-state index in [0.717, 1.165) is 48.9 Å². The first-order chi connectivity index (χ1) is 19.6. The summed E-state index contributed by atoms with van der Waals surface area (Å²) in [5, 5.41) is 16.0. The molecule has 2 heterocycles. The minimum atomic E-state index is -0.793. The summed E-state index contributed by atoms with van der Waals surface area (Å²) in [6, 6.07) is 46.3. The van der Waals surface area contributed by atoms with E-state index in [1.54, 1.807) is 11.8 Å². The quantitative estimate of drug-likeness (QED) is 0.206. The Morgan fingerprint density at radius 3 is 1.80 bits per heavy atom. The highest BCUT2D eigenvalue weighted by Gasteiger charge is 2.55. The molecule has 0 saturated carbocycles. The van der Waals surface area contributed by atoms with Crippen LogP contribution in [0.25, 0.3) is 0 Å². The van der Waals surface area contributed by atoms with Gasteiger partial charge < -0.3 is 0 Å². The van der Waals surface area contributed by atoms with Crippen molar-refractivity contribution in [3.8, 4) is 0 Å². The first kappa shape index (κ1) is 24.9. The molecule has 1 unspecified atom stereocenters. The summed E-state index contributed by atoms with van der Waals surface area (Å²) in [7, 11) is 0. The molecular formula is C34H25BrN4S. The monoisotopic (exact) mass is 600 g/mol. The maximum atomic E-state index is 5.45. The molecule has 0 amide bonds. The number of anilines is 2. The summed E-state index contributed by atoms with van der Waals surface area (Å²) in [5.41, 5.74) is 8.49. The maximum absolute atomic E-state index is 5.45. The van der Waals surface area contributed by atoms with Crippen molar-refractivity contribution >= 4 is 49.8 Å². The standard InChI is InChI=1S/C34H25BrN4S/c1-24-16-18-26(19-17-24)33-37-39(29-12-6-3-7-13-29)34(40-33)31-15-9-8-14-30(31)32(25-20-22-27(35)23-21-25)36-38(34)28-10-4-2-5-11-28/h2-23H,1H3. The second kappa shape index (κ2) is 10.1. The van der Waals surface area contributed by atoms with E-state index in [0.29, 0.717) is 0 Å². The van der Waals surface area contributed by atoms with Crippen LogP contribution in [0.15, 0.2) is 148 Å². The van der Waals surface area contributed by atoms with E-state index >= 15 is 0 Å². The lowest BCUT2D eigenvalue weighted by Crippen LogP contribution is -2.54. The summed E-state index contributed by atoms with van der Waals surface area (Å²) >= 11 is 5.32. The summed E-state index contributed by atoms with van der Waals surface area (Å²) in [5.74, 6) is 0. The highest BCUT2D eigenvalue weighted by Crippen LogP contribution is 2.55. The molecule has 0 aromatic heterocycles. The molecular weight excluding hydrogens is 576 g/mol. The molecule has 1 spiro atoms. The Hall–Kier alpha value is -4.13. The van der Waals surface area contributed by atoms with Crippen molar-refractivity contribution < 1.29 is 0 Å². The highest BCUT2D eigenvalue weighted by molar-refractivity contribution is 9.10. The van der Waals surface area contributed by atoms with Gasteiger partial charge in [0.25, 0.3) is 0 Å². The number of para-hydroxylation sites is 2. The normalized spacial score (nSPS) is 17.9. The first-order valence-corrected chi connectivity index (χ1v) is 14.7. The maximum Gasteiger partial charge on any atom is 0.234 e. The van der Waals surface area contributed by atoms with Gasteiger partial charge in [0.05, 0.1) is 17.1 Å². The van der Waals surface area contributed by atoms with Crippen molar-refractivity contribution in [2.24, 2.45) is 10.2 Å². The molecule has 0 radical (unpaired) electrons. The van der Waals surface area contributed by atoms with Crippen LogP contribution in [0.5, 0.6) is 0 Å². The van der Waals surface area contributed by atoms with Crippen LogP contribution in [0.4, 0.5) is 11.4 Å². The van der Waals surface area contributed by atoms with Gasteiger partial charge in [-0.3, -0.25) is 0 Å². The largest absolute Gasteiger partial charge is 0.234 e. The van der Waals surface area contributed by atoms with E-state index in [-0.39, 0.29) is 0 Å². The zero-order chi connectivity index (χ0) is 27.1. The van der Waals surface area contributed by atoms with Gasteiger partial charge in [0.15, 0.2) is 0 Å². The number of hydrogen-bond acceptors (Lipinski definition) is 5. The van der Waals surface area contributed by atoms with Crippen LogP contribution in [0.3, 0.4) is 0 Å². The van der Waals surface area contributed by atoms with Crippen molar-refractivity contribution in [2.45, 2.75) is 11.9 Å². The topological polar surface area (TPSA) is 31.2 Å². The van der Waals surface area contributed by atoms with Crippen LogP contribution in [0, 0.1) is 6.92 Å². The number of hydrogen-bond donors (Lipinski definition) is 0. The van der Waals surface area contributed by atoms with Gasteiger partial charge in [0, 0.05) is 26.7 Å². The predicted octanol–water partition coefficient (Wildman–Crippen LogP) is 8.76. The zero-order valence-electron chi connectivity index (χ0n) is 21.8. The Morgan fingerprint density at radius 2 is 1.15 bits per heavy atom. The van der Waals surface area contributed by atoms with Gasteiger partial charge in [-0.25, -0.2) is 10.0 Å². The van der Waals surface area contributed by atoms with Crippen LogP contribution in [0.2, 0.25) is 0 Å². The Bertz CT molecular complexity index is 1740. The average molecular weight is 602 g/mol. The van der Waals surface area contributed by atoms with Crippen molar-refractivity contribution in [3.63, 3.8) is 0 Å². The summed E-state index contributed by atoms with van der Waals surface area (Å²) in [4.78, 5) is -0.793. The van der Waals surface area contributed by atoms with Crippen molar-refractivity contribution in [1.82, 2.24) is 0 Å². The van der Waals surface area contributed by atoms with E-state index in [9.17, 15) is 0 Å². The molecule has 0 aliphatic carbocycles. The molecule has 7 rings (SSSR count). The van der Waals surface area contributed by atoms with E-state index in [4.69, 9.17) is 10.2 Å². The molecule has 5 aromatic rings. The van der Waals surface area contributed by atoms with Crippen LogP contribution >= 0.6 is 27.7 Å². The van der Waals surface area contributed by atoms with E-state index in [2.05, 4.69) is 154 Å². The van der Waals surface area contributed by atoms with Crippen LogP contribution in [0.1, 0.15) is 27.8 Å². The first-order valence-electron chi connectivity index (χ1n) is 13.1. The van der Waals surface area contributed by atoms with E-state index in [1.165, 1.54) is 5.56 Å². The molecule has 0 N–H and O–H groups in total. The molecule has 0 fully saturated rings. The Kier molecular flexibility index (Phi) is 6.29. The zero-order valence-corrected chi connectivity index (χ0v) is 24.2. The van der Waals surface area contributed by atoms with Crippen LogP contribution in [-0.4, -0.2) is 10.8 Å². The number of benzene rings is 5. The third-order valence-electron chi connectivity index (χ3n) is 7.15. The lowest BCUT2D eigenvalue weighted by molar-refractivity contribution is 0.550. The van der Waals surface area contributed by atoms with Gasteiger partial charge in [-0.2, -0.15) is 10.2 Å². The lowest BCUT2D eigenvalue weighted by atomic mass is 9.93. The molecule has 5 aromatic carbocycles. The van der Waals surface area contributed by atoms with E-state index < -0.39 is 4.99 Å². The number of aryl methyl sites for hydroxylation is 1. The Balaban J connectivity index is 1.51. The molecule has 6 heteroatoms. The third-order valence-corrected chi connectivity index (χ3v) is 9.04. The minimum absolute atomic E-state index is 0.793. The highest BCUT2D eigenvalue weighted by atomic mass is 79.9. The third kappa shape index (κ3) is 4.15. The molecule has 0 bridgehead atoms. The fourth-order valence-corrected chi connectivity index (χ4v) is 6.87. The van der Waals surface area contributed by atoms with Crippen LogP contribution in [-0.2, 0) is 4.99 Å². The second-order valence-corrected chi connectivity index (χ2v) is 11.9. The van der Waals surface area contributed by atoms with Gasteiger partial charge in [-0.05, 0) is 55.1 Å². The predicted molar refractivity (Wildman–Crippen MR) is 171 cm³/mol. The lowest BCUT2D eigenvalue weighted by Gasteiger charge is -2.47. The number of hydrazone groups is 2. The number of thioether (sulfide) groups is 1. The van der Waals surface area contributed by atoms with Crippen LogP contribution < -0.4 is 10.0 Å². The molecule has 1 atom stereocenters. The number of halogens is 1. The van der Waals surface area contributed by atoms with Gasteiger partial charge in [-0.1, -0.05) is 119 Å². The minimum Gasteiger partial charge on any atom is -0.223 e. The number of rotatable bonds is 4. The molecule has 40 heavy (non-hydrogen) atoms. The summed E-state index contributed by atoms with van der Waals surface area (Å²) < 4.78 is 1.04. The Labute approximate surface area is 246 Å². The summed E-state index contributed by atoms with van der Waals surface area (Å²) in [6.07, 6.45) is 0. The SMILES string of the molecule is Cc1ccc(C2=NN(c3ccccc3)C3(S2)c2ccccc2C(c2ccc(Br)cc2)=NN3c2ccccc2)cc1. The average Bonchev–Trinajstić information content (AvgIpc) is 3.40. The molecule has 4 nitrogen and oxygen atoms in total. The Morgan fingerprint density at radius 1 is 0.600 bits per heavy atom. The number of nitrogens with zero attached hydrogens (tertiary/aromatic N) is 4. The van der Waals surface area contributed by atoms with Crippen molar-refractivity contribution in [1.29, 1.82) is 0 Å². The molecule has 2 aliphatic rings. The van der Waals surface area contributed by atoms with E-state index in [1.807, 2.05) is 12.1 Å². The van der Waals surface area contributed by atoms with Crippen molar-refractivity contribution in [2.75, 3.05) is 10.0 Å². The fraction of sp³-hybridized carbons (Fsp3) is 0.0588. The van der Waals surface area contributed by atoms with Gasteiger partial charge >= 0.3 is 0 Å². The van der Waals surface area contributed by atoms with Gasteiger partial charge in [0.2, 0.25) is 4.99 Å². The summed E-state index contributed by atoms with van der Waals surface area (Å²) in [6.45, 7) is 2.11. The second-order valence-electron chi connectivity index (χ2n) is 9.78. The fourth-order valence-electron chi connectivity index (χ4n) is 5.21. The number of fused-ring (bicyclic) bond motifs is 2. The molecule has 194 valence electrons. The van der Waals surface area contributed by atoms with Crippen molar-refractivity contribution in [3.05, 3.63) is 166 Å². The van der Waals surface area contributed by atoms with Gasteiger partial charge in [0.1, 0.15) is 5.04 Å². The molecule has 0 saturated heterocycles.